The highest BCUT2D eigenvalue weighted by molar-refractivity contribution is 7.88. The molecule has 0 aliphatic carbocycles. The van der Waals surface area contributed by atoms with Crippen LogP contribution >= 0.6 is 0 Å². The van der Waals surface area contributed by atoms with Gasteiger partial charge in [0.05, 0.1) is 6.26 Å². The highest BCUT2D eigenvalue weighted by Crippen LogP contribution is 2.12. The van der Waals surface area contributed by atoms with Gasteiger partial charge in [-0.1, -0.05) is 0 Å². The summed E-state index contributed by atoms with van der Waals surface area (Å²) in [4.78, 5) is 13.6. The first-order valence-corrected chi connectivity index (χ1v) is 7.96. The number of nitrogens with two attached hydrogens (primary N) is 1. The molecule has 0 spiro atoms. The van der Waals surface area contributed by atoms with Crippen LogP contribution in [0.5, 0.6) is 0 Å². The molecule has 1 aliphatic rings. The molecule has 18 heavy (non-hydrogen) atoms. The predicted molar refractivity (Wildman–Crippen MR) is 70.5 cm³/mol. The van der Waals surface area contributed by atoms with Gasteiger partial charge in [0.1, 0.15) is 0 Å². The molecule has 7 heteroatoms. The van der Waals surface area contributed by atoms with Crippen molar-refractivity contribution in [3.05, 3.63) is 0 Å². The van der Waals surface area contributed by atoms with E-state index in [-0.39, 0.29) is 11.4 Å². The molecule has 0 saturated carbocycles. The van der Waals surface area contributed by atoms with Crippen LogP contribution in [0.15, 0.2) is 0 Å². The molecule has 0 radical (unpaired) electrons. The highest BCUT2D eigenvalue weighted by atomic mass is 32.2. The van der Waals surface area contributed by atoms with Crippen LogP contribution < -0.4 is 5.73 Å². The number of nitrogens with zero attached hydrogens (tertiary/aromatic N) is 2. The van der Waals surface area contributed by atoms with Crippen LogP contribution in [0.4, 0.5) is 0 Å². The van der Waals surface area contributed by atoms with Crippen molar-refractivity contribution >= 4 is 15.9 Å². The first-order chi connectivity index (χ1) is 8.09. The third kappa shape index (κ3) is 4.91. The quantitative estimate of drug-likeness (QED) is 0.758. The van der Waals surface area contributed by atoms with Crippen molar-refractivity contribution in [3.63, 3.8) is 0 Å². The van der Waals surface area contributed by atoms with Crippen LogP contribution in [0, 0.1) is 0 Å². The number of rotatable bonds is 4. The van der Waals surface area contributed by atoms with Gasteiger partial charge in [0.25, 0.3) is 0 Å². The minimum Gasteiger partial charge on any atom is -0.340 e. The number of amides is 1. The van der Waals surface area contributed by atoms with Crippen molar-refractivity contribution in [2.75, 3.05) is 32.4 Å². The van der Waals surface area contributed by atoms with E-state index in [2.05, 4.69) is 0 Å². The largest absolute Gasteiger partial charge is 0.340 e. The molecule has 0 bridgehead atoms. The zero-order valence-electron chi connectivity index (χ0n) is 11.3. The molecule has 106 valence electrons. The van der Waals surface area contributed by atoms with Crippen molar-refractivity contribution in [1.29, 1.82) is 0 Å². The lowest BCUT2D eigenvalue weighted by atomic mass is 9.99. The molecule has 1 heterocycles. The molecule has 0 aromatic heterocycles. The monoisotopic (exact) mass is 277 g/mol. The predicted octanol–water partition coefficient (Wildman–Crippen LogP) is -0.392. The van der Waals surface area contributed by atoms with Crippen LogP contribution in [0.1, 0.15) is 26.7 Å². The molecule has 1 saturated heterocycles. The second kappa shape index (κ2) is 5.54. The van der Waals surface area contributed by atoms with Crippen LogP contribution in [-0.2, 0) is 14.8 Å². The second-order valence-corrected chi connectivity index (χ2v) is 7.51. The van der Waals surface area contributed by atoms with Gasteiger partial charge >= 0.3 is 0 Å². The summed E-state index contributed by atoms with van der Waals surface area (Å²) in [5.74, 6) is 0.0571. The normalized spacial score (nSPS) is 19.0. The van der Waals surface area contributed by atoms with Crippen LogP contribution in [0.3, 0.4) is 0 Å². The Morgan fingerprint density at radius 1 is 1.22 bits per heavy atom. The number of sulfonamides is 1. The number of carbonyl (C=O) groups is 1. The molecular weight excluding hydrogens is 254 g/mol. The Morgan fingerprint density at radius 2 is 1.72 bits per heavy atom. The molecule has 1 aliphatic heterocycles. The minimum atomic E-state index is -3.14. The lowest BCUT2D eigenvalue weighted by molar-refractivity contribution is -0.132. The van der Waals surface area contributed by atoms with Gasteiger partial charge in [-0.15, -0.1) is 0 Å². The SMILES string of the molecule is CC(C)(N)CCC(=O)N1CCN(S(C)(=O)=O)CC1. The summed E-state index contributed by atoms with van der Waals surface area (Å²) in [6, 6.07) is 0. The fourth-order valence-corrected chi connectivity index (χ4v) is 2.68. The Hall–Kier alpha value is -0.660. The van der Waals surface area contributed by atoms with E-state index in [1.54, 1.807) is 4.90 Å². The molecule has 2 N–H and O–H groups in total. The first-order valence-electron chi connectivity index (χ1n) is 6.11. The summed E-state index contributed by atoms with van der Waals surface area (Å²) in [6.45, 7) is 5.49. The van der Waals surface area contributed by atoms with E-state index in [4.69, 9.17) is 5.73 Å². The van der Waals surface area contributed by atoms with Gasteiger partial charge in [0.2, 0.25) is 15.9 Å². The molecular formula is C11H23N3O3S. The van der Waals surface area contributed by atoms with Gasteiger partial charge in [-0.3, -0.25) is 4.79 Å². The zero-order chi connectivity index (χ0) is 14.0. The average Bonchev–Trinajstić information content (AvgIpc) is 2.24. The lowest BCUT2D eigenvalue weighted by Gasteiger charge is -2.33. The van der Waals surface area contributed by atoms with Gasteiger partial charge < -0.3 is 10.6 Å². The van der Waals surface area contributed by atoms with Gasteiger partial charge in [-0.2, -0.15) is 4.31 Å². The fraction of sp³-hybridized carbons (Fsp3) is 0.909. The minimum absolute atomic E-state index is 0.0571. The summed E-state index contributed by atoms with van der Waals surface area (Å²) in [7, 11) is -3.14. The van der Waals surface area contributed by atoms with Crippen LogP contribution in [-0.4, -0.2) is 61.5 Å². The highest BCUT2D eigenvalue weighted by Gasteiger charge is 2.26. The molecule has 0 atom stereocenters. The first kappa shape index (κ1) is 15.4. The van der Waals surface area contributed by atoms with Crippen molar-refractivity contribution in [2.24, 2.45) is 5.73 Å². The third-order valence-corrected chi connectivity index (χ3v) is 4.35. The van der Waals surface area contributed by atoms with Gasteiger partial charge in [0.15, 0.2) is 0 Å². The van der Waals surface area contributed by atoms with Gasteiger partial charge in [0, 0.05) is 38.1 Å². The summed E-state index contributed by atoms with van der Waals surface area (Å²) in [5.41, 5.74) is 5.49. The third-order valence-electron chi connectivity index (χ3n) is 3.04. The van der Waals surface area contributed by atoms with E-state index in [0.717, 1.165) is 0 Å². The summed E-state index contributed by atoms with van der Waals surface area (Å²) in [5, 5.41) is 0. The molecule has 1 rings (SSSR count). The van der Waals surface area contributed by atoms with Crippen molar-refractivity contribution in [1.82, 2.24) is 9.21 Å². The molecule has 1 fully saturated rings. The zero-order valence-corrected chi connectivity index (χ0v) is 12.2. The number of carbonyl (C=O) groups excluding carboxylic acids is 1. The van der Waals surface area contributed by atoms with Crippen molar-refractivity contribution < 1.29 is 13.2 Å². The van der Waals surface area contributed by atoms with Crippen molar-refractivity contribution in [3.8, 4) is 0 Å². The molecule has 0 aromatic rings. The fourth-order valence-electron chi connectivity index (χ4n) is 1.86. The van der Waals surface area contributed by atoms with E-state index >= 15 is 0 Å². The van der Waals surface area contributed by atoms with Gasteiger partial charge in [-0.05, 0) is 20.3 Å². The topological polar surface area (TPSA) is 83.7 Å². The number of hydrogen-bond donors (Lipinski definition) is 1. The summed E-state index contributed by atoms with van der Waals surface area (Å²) >= 11 is 0. The summed E-state index contributed by atoms with van der Waals surface area (Å²) in [6.07, 6.45) is 2.25. The van der Waals surface area contributed by atoms with E-state index in [1.165, 1.54) is 10.6 Å². The number of piperazine rings is 1. The molecule has 6 nitrogen and oxygen atoms in total. The smallest absolute Gasteiger partial charge is 0.222 e. The Kier molecular flexibility index (Phi) is 4.74. The van der Waals surface area contributed by atoms with Crippen LogP contribution in [0.25, 0.3) is 0 Å². The maximum absolute atomic E-state index is 11.9. The Morgan fingerprint density at radius 3 is 2.11 bits per heavy atom. The van der Waals surface area contributed by atoms with Crippen molar-refractivity contribution in [2.45, 2.75) is 32.2 Å². The van der Waals surface area contributed by atoms with E-state index in [1.807, 2.05) is 13.8 Å². The van der Waals surface area contributed by atoms with Crippen LogP contribution in [0.2, 0.25) is 0 Å². The molecule has 0 unspecified atom stereocenters. The molecule has 0 aromatic carbocycles. The van der Waals surface area contributed by atoms with Gasteiger partial charge in [-0.25, -0.2) is 8.42 Å². The van der Waals surface area contributed by atoms with E-state index in [9.17, 15) is 13.2 Å². The standard InChI is InChI=1S/C11H23N3O3S/c1-11(2,12)5-4-10(15)13-6-8-14(9-7-13)18(3,16)17/h4-9,12H2,1-3H3. The number of hydrogen-bond acceptors (Lipinski definition) is 4. The molecule has 1 amide bonds. The Bertz CT molecular complexity index is 392. The second-order valence-electron chi connectivity index (χ2n) is 5.53. The lowest BCUT2D eigenvalue weighted by Crippen LogP contribution is -2.50. The Balaban J connectivity index is 2.41. The Labute approximate surface area is 109 Å². The maximum atomic E-state index is 11.9. The summed E-state index contributed by atoms with van der Waals surface area (Å²) < 4.78 is 24.1. The maximum Gasteiger partial charge on any atom is 0.222 e. The van der Waals surface area contributed by atoms with E-state index < -0.39 is 10.0 Å². The average molecular weight is 277 g/mol. The van der Waals surface area contributed by atoms with E-state index in [0.29, 0.717) is 39.0 Å².